The molecule has 29 heavy (non-hydrogen) atoms. The van der Waals surface area contributed by atoms with E-state index in [-0.39, 0.29) is 24.3 Å². The van der Waals surface area contributed by atoms with Crippen LogP contribution in [0.4, 0.5) is 10.8 Å². The summed E-state index contributed by atoms with van der Waals surface area (Å²) in [5, 5.41) is 5.02. The average Bonchev–Trinajstić information content (AvgIpc) is 3.37. The topological polar surface area (TPSA) is 88.6 Å². The molecule has 1 aliphatic rings. The molecule has 154 valence electrons. The molecule has 1 aromatic heterocycles. The summed E-state index contributed by atoms with van der Waals surface area (Å²) in [7, 11) is 0. The van der Waals surface area contributed by atoms with Gasteiger partial charge in [-0.15, -0.1) is 11.3 Å². The van der Waals surface area contributed by atoms with Gasteiger partial charge in [-0.05, 0) is 30.9 Å². The molecular formula is C21H25N3O4S. The van der Waals surface area contributed by atoms with Gasteiger partial charge in [-0.1, -0.05) is 31.0 Å². The Balaban J connectivity index is 1.66. The molecule has 7 nitrogen and oxygen atoms in total. The first-order valence-corrected chi connectivity index (χ1v) is 10.6. The average molecular weight is 416 g/mol. The van der Waals surface area contributed by atoms with E-state index in [9.17, 15) is 14.4 Å². The van der Waals surface area contributed by atoms with Crippen LogP contribution >= 0.6 is 11.3 Å². The Morgan fingerprint density at radius 2 is 1.90 bits per heavy atom. The fraction of sp³-hybridized carbons (Fsp3) is 0.429. The van der Waals surface area contributed by atoms with Gasteiger partial charge in [0, 0.05) is 19.2 Å². The summed E-state index contributed by atoms with van der Waals surface area (Å²) in [4.78, 5) is 42.2. The highest BCUT2D eigenvalue weighted by atomic mass is 32.1. The second kappa shape index (κ2) is 9.65. The molecule has 0 bridgehead atoms. The number of thiazole rings is 1. The van der Waals surface area contributed by atoms with Gasteiger partial charge in [-0.2, -0.15) is 0 Å². The number of ether oxygens (including phenoxy) is 1. The Hall–Kier alpha value is -2.74. The monoisotopic (exact) mass is 415 g/mol. The van der Waals surface area contributed by atoms with Gasteiger partial charge in [0.25, 0.3) is 0 Å². The maximum absolute atomic E-state index is 12.6. The van der Waals surface area contributed by atoms with Crippen LogP contribution in [0.15, 0.2) is 35.7 Å². The van der Waals surface area contributed by atoms with E-state index in [4.69, 9.17) is 4.74 Å². The molecule has 0 spiro atoms. The lowest BCUT2D eigenvalue weighted by Crippen LogP contribution is -2.45. The fourth-order valence-electron chi connectivity index (χ4n) is 3.58. The Morgan fingerprint density at radius 1 is 1.21 bits per heavy atom. The highest BCUT2D eigenvalue weighted by Crippen LogP contribution is 2.30. The number of amides is 2. The van der Waals surface area contributed by atoms with Crippen molar-refractivity contribution in [1.82, 2.24) is 10.3 Å². The Bertz CT molecular complexity index is 862. The van der Waals surface area contributed by atoms with Crippen LogP contribution in [-0.4, -0.2) is 28.8 Å². The van der Waals surface area contributed by atoms with Crippen LogP contribution in [0, 0.1) is 5.92 Å². The minimum atomic E-state index is -0.619. The third kappa shape index (κ3) is 5.41. The zero-order valence-electron chi connectivity index (χ0n) is 16.6. The zero-order chi connectivity index (χ0) is 20.8. The van der Waals surface area contributed by atoms with E-state index >= 15 is 0 Å². The molecule has 0 unspecified atom stereocenters. The number of nitrogens with zero attached hydrogens (tertiary/aromatic N) is 2. The Labute approximate surface area is 174 Å². The van der Waals surface area contributed by atoms with E-state index in [2.05, 4.69) is 10.3 Å². The second-order valence-electron chi connectivity index (χ2n) is 7.14. The molecule has 1 saturated carbocycles. The summed E-state index contributed by atoms with van der Waals surface area (Å²) in [6, 6.07) is 8.64. The first-order valence-electron chi connectivity index (χ1n) is 9.69. The summed E-state index contributed by atoms with van der Waals surface area (Å²) in [5.41, 5.74) is 1.29. The molecule has 1 atom stereocenters. The molecular weight excluding hydrogens is 390 g/mol. The lowest BCUT2D eigenvalue weighted by molar-refractivity contribution is -0.150. The van der Waals surface area contributed by atoms with E-state index in [0.717, 1.165) is 31.4 Å². The summed E-state index contributed by atoms with van der Waals surface area (Å²) >= 11 is 1.31. The summed E-state index contributed by atoms with van der Waals surface area (Å²) in [5.74, 6) is -0.715. The highest BCUT2D eigenvalue weighted by Gasteiger charge is 2.32. The molecule has 1 N–H and O–H groups in total. The molecule has 1 heterocycles. The lowest BCUT2D eigenvalue weighted by Gasteiger charge is -2.22. The molecule has 2 amide bonds. The van der Waals surface area contributed by atoms with Crippen LogP contribution in [0.1, 0.15) is 45.2 Å². The summed E-state index contributed by atoms with van der Waals surface area (Å²) < 4.78 is 5.45. The van der Waals surface area contributed by atoms with Gasteiger partial charge in [0.05, 0.1) is 11.4 Å². The minimum Gasteiger partial charge on any atom is -0.458 e. The number of hydrogen-bond acceptors (Lipinski definition) is 6. The molecule has 0 saturated heterocycles. The normalized spacial score (nSPS) is 15.0. The van der Waals surface area contributed by atoms with Gasteiger partial charge in [-0.25, -0.2) is 9.78 Å². The molecule has 1 aliphatic carbocycles. The van der Waals surface area contributed by atoms with Crippen LogP contribution in [0.25, 0.3) is 0 Å². The third-order valence-corrected chi connectivity index (χ3v) is 5.78. The van der Waals surface area contributed by atoms with Crippen molar-refractivity contribution in [3.8, 4) is 0 Å². The number of para-hydroxylation sites is 1. The smallest absolute Gasteiger partial charge is 0.329 e. The molecule has 3 rings (SSSR count). The van der Waals surface area contributed by atoms with Gasteiger partial charge in [-0.3, -0.25) is 14.5 Å². The predicted octanol–water partition coefficient (Wildman–Crippen LogP) is 3.57. The maximum Gasteiger partial charge on any atom is 0.329 e. The zero-order valence-corrected chi connectivity index (χ0v) is 17.4. The number of esters is 1. The van der Waals surface area contributed by atoms with Crippen LogP contribution in [0.3, 0.4) is 0 Å². The number of aromatic nitrogens is 1. The van der Waals surface area contributed by atoms with Gasteiger partial charge in [0.15, 0.2) is 5.13 Å². The lowest BCUT2D eigenvalue weighted by atomic mass is 9.98. The van der Waals surface area contributed by atoms with E-state index in [1.54, 1.807) is 5.38 Å². The number of benzene rings is 1. The van der Waals surface area contributed by atoms with Gasteiger partial charge >= 0.3 is 5.97 Å². The number of carbonyl (C=O) groups is 3. The van der Waals surface area contributed by atoms with Gasteiger partial charge in [0.1, 0.15) is 12.6 Å². The van der Waals surface area contributed by atoms with Crippen molar-refractivity contribution in [1.29, 1.82) is 0 Å². The van der Waals surface area contributed by atoms with Crippen molar-refractivity contribution in [2.24, 2.45) is 5.92 Å². The van der Waals surface area contributed by atoms with Crippen molar-refractivity contribution in [3.63, 3.8) is 0 Å². The molecule has 8 heteroatoms. The SMILES string of the molecule is CC(=O)N[C@H](C(=O)OCc1csc(N(C(C)=O)c2ccccc2)n1)C1CCCC1. The van der Waals surface area contributed by atoms with Crippen molar-refractivity contribution in [2.75, 3.05) is 4.90 Å². The molecule has 1 fully saturated rings. The van der Waals surface area contributed by atoms with Crippen molar-refractivity contribution in [3.05, 3.63) is 41.4 Å². The van der Waals surface area contributed by atoms with Crippen LogP contribution in [-0.2, 0) is 25.7 Å². The highest BCUT2D eigenvalue weighted by molar-refractivity contribution is 7.14. The number of rotatable bonds is 7. The molecule has 0 radical (unpaired) electrons. The first-order chi connectivity index (χ1) is 14.0. The number of nitrogens with one attached hydrogen (secondary N) is 1. The summed E-state index contributed by atoms with van der Waals surface area (Å²) in [6.07, 6.45) is 3.94. The fourth-order valence-corrected chi connectivity index (χ4v) is 4.45. The number of carbonyl (C=O) groups excluding carboxylic acids is 3. The third-order valence-electron chi connectivity index (χ3n) is 4.91. The van der Waals surface area contributed by atoms with Crippen molar-refractivity contribution < 1.29 is 19.1 Å². The molecule has 1 aromatic carbocycles. The van der Waals surface area contributed by atoms with E-state index in [0.29, 0.717) is 10.8 Å². The number of hydrogen-bond donors (Lipinski definition) is 1. The maximum atomic E-state index is 12.6. The standard InChI is InChI=1S/C21H25N3O4S/c1-14(25)22-19(16-8-6-7-9-16)20(27)28-12-17-13-29-21(23-17)24(15(2)26)18-10-4-3-5-11-18/h3-5,10-11,13,16,19H,6-9,12H2,1-2H3,(H,22,25)/t19-/m0/s1. The Kier molecular flexibility index (Phi) is 6.98. The van der Waals surface area contributed by atoms with Crippen LogP contribution in [0.5, 0.6) is 0 Å². The minimum absolute atomic E-state index is 0.00132. The van der Waals surface area contributed by atoms with E-state index in [1.165, 1.54) is 30.1 Å². The van der Waals surface area contributed by atoms with E-state index in [1.807, 2.05) is 30.3 Å². The van der Waals surface area contributed by atoms with Crippen LogP contribution < -0.4 is 10.2 Å². The summed E-state index contributed by atoms with van der Waals surface area (Å²) in [6.45, 7) is 2.88. The van der Waals surface area contributed by atoms with Gasteiger partial charge < -0.3 is 10.1 Å². The molecule has 0 aliphatic heterocycles. The predicted molar refractivity (Wildman–Crippen MR) is 111 cm³/mol. The van der Waals surface area contributed by atoms with Crippen molar-refractivity contribution in [2.45, 2.75) is 52.2 Å². The van der Waals surface area contributed by atoms with E-state index < -0.39 is 12.0 Å². The quantitative estimate of drug-likeness (QED) is 0.699. The van der Waals surface area contributed by atoms with Gasteiger partial charge in [0.2, 0.25) is 11.8 Å². The molecule has 2 aromatic rings. The largest absolute Gasteiger partial charge is 0.458 e. The number of anilines is 2. The second-order valence-corrected chi connectivity index (χ2v) is 7.98. The van der Waals surface area contributed by atoms with Crippen LogP contribution in [0.2, 0.25) is 0 Å². The first kappa shape index (κ1) is 21.0. The van der Waals surface area contributed by atoms with Crippen molar-refractivity contribution >= 4 is 39.9 Å². The Morgan fingerprint density at radius 3 is 2.52 bits per heavy atom.